The highest BCUT2D eigenvalue weighted by molar-refractivity contribution is 5.76. The number of amides is 2. The molecule has 1 heterocycles. The number of hydrogen-bond donors (Lipinski definition) is 1. The molecule has 5 nitrogen and oxygen atoms in total. The second kappa shape index (κ2) is 7.36. The number of aliphatic carboxylic acids is 1. The Morgan fingerprint density at radius 1 is 1.32 bits per heavy atom. The van der Waals surface area contributed by atoms with Crippen molar-refractivity contribution in [3.8, 4) is 0 Å². The molecule has 0 radical (unpaired) electrons. The number of urea groups is 1. The zero-order valence-electron chi connectivity index (χ0n) is 12.3. The fourth-order valence-corrected chi connectivity index (χ4v) is 2.51. The molecular weight excluding hydrogens is 244 g/mol. The van der Waals surface area contributed by atoms with E-state index in [2.05, 4.69) is 6.92 Å². The minimum absolute atomic E-state index is 0.00609. The average molecular weight is 270 g/mol. The molecule has 0 aliphatic carbocycles. The Morgan fingerprint density at radius 2 is 2.00 bits per heavy atom. The molecule has 0 spiro atoms. The number of carbonyl (C=O) groups excluding carboxylic acids is 1. The van der Waals surface area contributed by atoms with Gasteiger partial charge in [-0.05, 0) is 33.6 Å². The molecule has 0 aromatic heterocycles. The van der Waals surface area contributed by atoms with Crippen LogP contribution in [0.5, 0.6) is 0 Å². The van der Waals surface area contributed by atoms with Gasteiger partial charge in [0.1, 0.15) is 0 Å². The van der Waals surface area contributed by atoms with Crippen LogP contribution in [0, 0.1) is 0 Å². The normalized spacial score (nSPS) is 20.2. The van der Waals surface area contributed by atoms with Gasteiger partial charge in [-0.2, -0.15) is 0 Å². The number of hydrogen-bond acceptors (Lipinski definition) is 2. The van der Waals surface area contributed by atoms with Gasteiger partial charge in [-0.25, -0.2) is 4.79 Å². The fraction of sp³-hybridized carbons (Fsp3) is 0.857. The van der Waals surface area contributed by atoms with Gasteiger partial charge in [-0.1, -0.05) is 12.8 Å². The molecule has 110 valence electrons. The Kier molecular flexibility index (Phi) is 6.12. The number of likely N-dealkylation sites (tertiary alicyclic amines) is 1. The maximum absolute atomic E-state index is 12.6. The van der Waals surface area contributed by atoms with Crippen molar-refractivity contribution in [3.63, 3.8) is 0 Å². The minimum Gasteiger partial charge on any atom is -0.481 e. The van der Waals surface area contributed by atoms with Crippen molar-refractivity contribution >= 4 is 12.0 Å². The van der Waals surface area contributed by atoms with Crippen molar-refractivity contribution in [3.05, 3.63) is 0 Å². The summed E-state index contributed by atoms with van der Waals surface area (Å²) in [6, 6.07) is 0.272. The fourth-order valence-electron chi connectivity index (χ4n) is 2.51. The van der Waals surface area contributed by atoms with Gasteiger partial charge in [-0.15, -0.1) is 0 Å². The Bertz CT molecular complexity index is 318. The van der Waals surface area contributed by atoms with Crippen LogP contribution in [0.25, 0.3) is 0 Å². The van der Waals surface area contributed by atoms with Crippen molar-refractivity contribution in [1.82, 2.24) is 9.80 Å². The Labute approximate surface area is 115 Å². The number of rotatable bonds is 4. The lowest BCUT2D eigenvalue weighted by Crippen LogP contribution is -2.50. The Morgan fingerprint density at radius 3 is 2.58 bits per heavy atom. The van der Waals surface area contributed by atoms with Gasteiger partial charge in [0, 0.05) is 25.2 Å². The summed E-state index contributed by atoms with van der Waals surface area (Å²) >= 11 is 0. The van der Waals surface area contributed by atoms with Crippen molar-refractivity contribution in [2.24, 2.45) is 0 Å². The molecule has 1 atom stereocenters. The molecule has 1 N–H and O–H groups in total. The lowest BCUT2D eigenvalue weighted by molar-refractivity contribution is -0.137. The molecule has 5 heteroatoms. The Hall–Kier alpha value is -1.26. The van der Waals surface area contributed by atoms with Crippen molar-refractivity contribution < 1.29 is 14.7 Å². The number of carboxylic acid groups (broad SMARTS) is 1. The highest BCUT2D eigenvalue weighted by Gasteiger charge is 2.27. The lowest BCUT2D eigenvalue weighted by Gasteiger charge is -2.35. The SMILES string of the molecule is CC(C)N(CCC(=O)O)C(=O)N1CCCCCC1C. The summed E-state index contributed by atoms with van der Waals surface area (Å²) in [5.74, 6) is -0.859. The van der Waals surface area contributed by atoms with E-state index in [0.29, 0.717) is 0 Å². The van der Waals surface area contributed by atoms with E-state index in [4.69, 9.17) is 5.11 Å². The van der Waals surface area contributed by atoms with E-state index >= 15 is 0 Å². The first-order valence-electron chi connectivity index (χ1n) is 7.22. The lowest BCUT2D eigenvalue weighted by atomic mass is 10.1. The molecule has 1 rings (SSSR count). The van der Waals surface area contributed by atoms with Crippen molar-refractivity contribution in [2.75, 3.05) is 13.1 Å². The van der Waals surface area contributed by atoms with Crippen molar-refractivity contribution in [1.29, 1.82) is 0 Å². The van der Waals surface area contributed by atoms with Crippen LogP contribution < -0.4 is 0 Å². The van der Waals surface area contributed by atoms with Gasteiger partial charge in [0.05, 0.1) is 6.42 Å². The maximum Gasteiger partial charge on any atom is 0.320 e. The third kappa shape index (κ3) is 4.73. The van der Waals surface area contributed by atoms with Gasteiger partial charge < -0.3 is 14.9 Å². The summed E-state index contributed by atoms with van der Waals surface area (Å²) in [4.78, 5) is 26.9. The summed E-state index contributed by atoms with van der Waals surface area (Å²) in [6.45, 7) is 7.02. The van der Waals surface area contributed by atoms with Crippen LogP contribution in [0.1, 0.15) is 52.9 Å². The van der Waals surface area contributed by atoms with Crippen LogP contribution >= 0.6 is 0 Å². The third-order valence-corrected chi connectivity index (χ3v) is 3.73. The molecule has 19 heavy (non-hydrogen) atoms. The highest BCUT2D eigenvalue weighted by atomic mass is 16.4. The van der Waals surface area contributed by atoms with E-state index < -0.39 is 5.97 Å². The topological polar surface area (TPSA) is 60.9 Å². The predicted molar refractivity (Wildman–Crippen MR) is 74.1 cm³/mol. The summed E-state index contributed by atoms with van der Waals surface area (Å²) in [7, 11) is 0. The predicted octanol–water partition coefficient (Wildman–Crippen LogP) is 2.56. The van der Waals surface area contributed by atoms with Gasteiger partial charge >= 0.3 is 12.0 Å². The highest BCUT2D eigenvalue weighted by Crippen LogP contribution is 2.19. The zero-order chi connectivity index (χ0) is 14.4. The van der Waals surface area contributed by atoms with E-state index in [1.165, 1.54) is 12.8 Å². The largest absolute Gasteiger partial charge is 0.481 e. The summed E-state index contributed by atoms with van der Waals surface area (Å²) < 4.78 is 0. The van der Waals surface area contributed by atoms with E-state index in [9.17, 15) is 9.59 Å². The van der Waals surface area contributed by atoms with Crippen LogP contribution in [-0.2, 0) is 4.79 Å². The van der Waals surface area contributed by atoms with Crippen LogP contribution in [0.2, 0.25) is 0 Å². The molecular formula is C14H26N2O3. The monoisotopic (exact) mass is 270 g/mol. The second-order valence-electron chi connectivity index (χ2n) is 5.61. The number of nitrogens with zero attached hydrogens (tertiary/aromatic N) is 2. The van der Waals surface area contributed by atoms with Crippen LogP contribution in [0.4, 0.5) is 4.79 Å². The molecule has 1 aliphatic rings. The molecule has 1 saturated heterocycles. The van der Waals surface area contributed by atoms with Gasteiger partial charge in [0.25, 0.3) is 0 Å². The maximum atomic E-state index is 12.6. The van der Waals surface area contributed by atoms with E-state index in [1.807, 2.05) is 18.7 Å². The van der Waals surface area contributed by atoms with Crippen molar-refractivity contribution in [2.45, 2.75) is 65.0 Å². The van der Waals surface area contributed by atoms with E-state index in [-0.39, 0.29) is 31.1 Å². The summed E-state index contributed by atoms with van der Waals surface area (Å²) in [5, 5.41) is 8.78. The van der Waals surface area contributed by atoms with E-state index in [1.54, 1.807) is 4.90 Å². The van der Waals surface area contributed by atoms with Crippen LogP contribution in [0.15, 0.2) is 0 Å². The molecule has 0 saturated carbocycles. The first kappa shape index (κ1) is 15.8. The minimum atomic E-state index is -0.859. The Balaban J connectivity index is 2.70. The second-order valence-corrected chi connectivity index (χ2v) is 5.61. The molecule has 0 aromatic carbocycles. The van der Waals surface area contributed by atoms with Gasteiger partial charge in [-0.3, -0.25) is 4.79 Å². The molecule has 0 aromatic rings. The van der Waals surface area contributed by atoms with Crippen LogP contribution in [-0.4, -0.2) is 52.1 Å². The summed E-state index contributed by atoms with van der Waals surface area (Å²) in [5.41, 5.74) is 0. The third-order valence-electron chi connectivity index (χ3n) is 3.73. The molecule has 1 unspecified atom stereocenters. The first-order chi connectivity index (χ1) is 8.93. The van der Waals surface area contributed by atoms with Gasteiger partial charge in [0.2, 0.25) is 0 Å². The molecule has 1 aliphatic heterocycles. The van der Waals surface area contributed by atoms with E-state index in [0.717, 1.165) is 19.4 Å². The zero-order valence-corrected chi connectivity index (χ0v) is 12.3. The van der Waals surface area contributed by atoms with Gasteiger partial charge in [0.15, 0.2) is 0 Å². The standard InChI is InChI=1S/C14H26N2O3/c1-11(2)15(10-8-13(17)18)14(19)16-9-6-4-5-7-12(16)3/h11-12H,4-10H2,1-3H3,(H,17,18). The number of carbonyl (C=O) groups is 2. The quantitative estimate of drug-likeness (QED) is 0.854. The average Bonchev–Trinajstić information content (AvgIpc) is 2.53. The number of carboxylic acids is 1. The van der Waals surface area contributed by atoms with Crippen LogP contribution in [0.3, 0.4) is 0 Å². The first-order valence-corrected chi connectivity index (χ1v) is 7.22. The molecule has 0 bridgehead atoms. The summed E-state index contributed by atoms with van der Waals surface area (Å²) in [6.07, 6.45) is 4.43. The molecule has 2 amide bonds. The smallest absolute Gasteiger partial charge is 0.320 e. The molecule has 1 fully saturated rings.